The number of hydrogen-bond donors (Lipinski definition) is 0. The minimum Gasteiger partial charge on any atom is -0.497 e. The number of thioether (sulfide) groups is 1. The van der Waals surface area contributed by atoms with Gasteiger partial charge < -0.3 is 4.74 Å². The molecule has 1 fully saturated rings. The lowest BCUT2D eigenvalue weighted by Crippen LogP contribution is -2.23. The third-order valence-corrected chi connectivity index (χ3v) is 6.00. The standard InChI is InChI=1S/C24H19ClN2O2S/c1-27-23(28)22(30-24(27)26-20-11-13-21(29-2)14-12-20)15-16-3-5-17(6-4-16)18-7-9-19(25)10-8-18/h3-15H,1-2H3. The predicted molar refractivity (Wildman–Crippen MR) is 125 cm³/mol. The fourth-order valence-corrected chi connectivity index (χ4v) is 4.10. The third-order valence-electron chi connectivity index (χ3n) is 4.69. The van der Waals surface area contributed by atoms with Crippen LogP contribution in [-0.4, -0.2) is 30.1 Å². The van der Waals surface area contributed by atoms with Crippen molar-refractivity contribution in [3.8, 4) is 16.9 Å². The lowest BCUT2D eigenvalue weighted by Gasteiger charge is -2.07. The minimum atomic E-state index is -0.0611. The van der Waals surface area contributed by atoms with Crippen LogP contribution in [0.1, 0.15) is 5.56 Å². The first-order valence-corrected chi connectivity index (χ1v) is 10.5. The molecule has 0 unspecified atom stereocenters. The number of halogens is 1. The molecule has 1 amide bonds. The molecule has 0 aliphatic carbocycles. The Kier molecular flexibility index (Phi) is 5.93. The third kappa shape index (κ3) is 4.42. The van der Waals surface area contributed by atoms with Gasteiger partial charge in [-0.3, -0.25) is 9.69 Å². The van der Waals surface area contributed by atoms with E-state index < -0.39 is 0 Å². The average molecular weight is 435 g/mol. The number of methoxy groups -OCH3 is 1. The lowest BCUT2D eigenvalue weighted by molar-refractivity contribution is -0.121. The number of benzene rings is 3. The molecule has 6 heteroatoms. The molecule has 0 N–H and O–H groups in total. The second-order valence-corrected chi connectivity index (χ2v) is 8.14. The summed E-state index contributed by atoms with van der Waals surface area (Å²) in [7, 11) is 3.36. The monoisotopic (exact) mass is 434 g/mol. The first kappa shape index (κ1) is 20.3. The van der Waals surface area contributed by atoms with E-state index in [1.807, 2.05) is 78.9 Å². The van der Waals surface area contributed by atoms with Gasteiger partial charge in [-0.05, 0) is 70.9 Å². The average Bonchev–Trinajstić information content (AvgIpc) is 3.03. The molecule has 150 valence electrons. The molecule has 30 heavy (non-hydrogen) atoms. The Morgan fingerprint density at radius 1 is 0.933 bits per heavy atom. The van der Waals surface area contributed by atoms with Crippen molar-refractivity contribution in [2.24, 2.45) is 4.99 Å². The zero-order valence-corrected chi connectivity index (χ0v) is 18.1. The number of carbonyl (C=O) groups excluding carboxylic acids is 1. The SMILES string of the molecule is COc1ccc(N=C2SC(=Cc3ccc(-c4ccc(Cl)cc4)cc3)C(=O)N2C)cc1. The van der Waals surface area contributed by atoms with Gasteiger partial charge in [-0.15, -0.1) is 0 Å². The van der Waals surface area contributed by atoms with Gasteiger partial charge in [0.25, 0.3) is 5.91 Å². The quantitative estimate of drug-likeness (QED) is 0.456. The van der Waals surface area contributed by atoms with Gasteiger partial charge >= 0.3 is 0 Å². The largest absolute Gasteiger partial charge is 0.497 e. The van der Waals surface area contributed by atoms with Crippen LogP contribution >= 0.6 is 23.4 Å². The van der Waals surface area contributed by atoms with Gasteiger partial charge in [0.1, 0.15) is 5.75 Å². The molecule has 1 aliphatic rings. The number of amidine groups is 1. The summed E-state index contributed by atoms with van der Waals surface area (Å²) in [4.78, 5) is 19.5. The molecule has 0 atom stereocenters. The number of ether oxygens (including phenoxy) is 1. The molecular formula is C24H19ClN2O2S. The lowest BCUT2D eigenvalue weighted by atomic mass is 10.0. The number of nitrogens with zero attached hydrogens (tertiary/aromatic N) is 2. The summed E-state index contributed by atoms with van der Waals surface area (Å²) in [5, 5.41) is 1.36. The number of rotatable bonds is 4. The fourth-order valence-electron chi connectivity index (χ4n) is 2.98. The van der Waals surface area contributed by atoms with Gasteiger partial charge in [-0.1, -0.05) is 48.0 Å². The highest BCUT2D eigenvalue weighted by Crippen LogP contribution is 2.33. The van der Waals surface area contributed by atoms with E-state index in [9.17, 15) is 4.79 Å². The van der Waals surface area contributed by atoms with Gasteiger partial charge in [0, 0.05) is 12.1 Å². The highest BCUT2D eigenvalue weighted by Gasteiger charge is 2.30. The van der Waals surface area contributed by atoms with E-state index in [1.54, 1.807) is 19.1 Å². The van der Waals surface area contributed by atoms with E-state index in [0.717, 1.165) is 28.1 Å². The Morgan fingerprint density at radius 2 is 1.53 bits per heavy atom. The van der Waals surface area contributed by atoms with Gasteiger partial charge in [0.15, 0.2) is 5.17 Å². The van der Waals surface area contributed by atoms with E-state index in [2.05, 4.69) is 4.99 Å². The van der Waals surface area contributed by atoms with Crippen LogP contribution in [-0.2, 0) is 4.79 Å². The van der Waals surface area contributed by atoms with Crippen LogP contribution in [0.5, 0.6) is 5.75 Å². The van der Waals surface area contributed by atoms with E-state index in [0.29, 0.717) is 15.1 Å². The summed E-state index contributed by atoms with van der Waals surface area (Å²) in [6, 6.07) is 23.2. The van der Waals surface area contributed by atoms with Crippen LogP contribution in [0, 0.1) is 0 Å². The molecule has 0 saturated carbocycles. The van der Waals surface area contributed by atoms with Crippen molar-refractivity contribution in [1.82, 2.24) is 4.90 Å². The normalized spacial score (nSPS) is 16.5. The maximum absolute atomic E-state index is 12.7. The maximum Gasteiger partial charge on any atom is 0.266 e. The van der Waals surface area contributed by atoms with Crippen LogP contribution in [0.2, 0.25) is 5.02 Å². The number of amides is 1. The van der Waals surface area contributed by atoms with Crippen molar-refractivity contribution < 1.29 is 9.53 Å². The van der Waals surface area contributed by atoms with E-state index in [-0.39, 0.29) is 5.91 Å². The number of hydrogen-bond acceptors (Lipinski definition) is 4. The molecule has 0 spiro atoms. The van der Waals surface area contributed by atoms with E-state index in [1.165, 1.54) is 11.8 Å². The molecule has 1 heterocycles. The first-order chi connectivity index (χ1) is 14.5. The highest BCUT2D eigenvalue weighted by atomic mass is 35.5. The van der Waals surface area contributed by atoms with Crippen molar-refractivity contribution in [1.29, 1.82) is 0 Å². The number of aliphatic imine (C=N–C) groups is 1. The molecule has 4 nitrogen and oxygen atoms in total. The minimum absolute atomic E-state index is 0.0611. The molecule has 3 aromatic rings. The first-order valence-electron chi connectivity index (χ1n) is 9.30. The van der Waals surface area contributed by atoms with E-state index in [4.69, 9.17) is 16.3 Å². The molecule has 3 aromatic carbocycles. The number of carbonyl (C=O) groups is 1. The van der Waals surface area contributed by atoms with Gasteiger partial charge in [-0.25, -0.2) is 4.99 Å². The predicted octanol–water partition coefficient (Wildman–Crippen LogP) is 6.25. The van der Waals surface area contributed by atoms with Crippen molar-refractivity contribution in [3.05, 3.63) is 88.3 Å². The highest BCUT2D eigenvalue weighted by molar-refractivity contribution is 8.18. The maximum atomic E-state index is 12.7. The van der Waals surface area contributed by atoms with Crippen molar-refractivity contribution in [2.45, 2.75) is 0 Å². The van der Waals surface area contributed by atoms with Gasteiger partial charge in [-0.2, -0.15) is 0 Å². The van der Waals surface area contributed by atoms with Gasteiger partial charge in [0.2, 0.25) is 0 Å². The zero-order valence-electron chi connectivity index (χ0n) is 16.5. The summed E-state index contributed by atoms with van der Waals surface area (Å²) in [6.45, 7) is 0. The van der Waals surface area contributed by atoms with Gasteiger partial charge in [0.05, 0.1) is 17.7 Å². The zero-order chi connectivity index (χ0) is 21.1. The van der Waals surface area contributed by atoms with Crippen LogP contribution < -0.4 is 4.74 Å². The molecular weight excluding hydrogens is 416 g/mol. The van der Waals surface area contributed by atoms with Crippen LogP contribution in [0.4, 0.5) is 5.69 Å². The Morgan fingerprint density at radius 3 is 2.13 bits per heavy atom. The summed E-state index contributed by atoms with van der Waals surface area (Å²) >= 11 is 7.33. The summed E-state index contributed by atoms with van der Waals surface area (Å²) in [5.74, 6) is 0.708. The molecule has 1 saturated heterocycles. The van der Waals surface area contributed by atoms with Crippen LogP contribution in [0.15, 0.2) is 82.7 Å². The van der Waals surface area contributed by atoms with Crippen LogP contribution in [0.25, 0.3) is 17.2 Å². The molecule has 0 radical (unpaired) electrons. The van der Waals surface area contributed by atoms with Crippen molar-refractivity contribution in [3.63, 3.8) is 0 Å². The van der Waals surface area contributed by atoms with E-state index >= 15 is 0 Å². The summed E-state index contributed by atoms with van der Waals surface area (Å²) in [5.41, 5.74) is 3.92. The summed E-state index contributed by atoms with van der Waals surface area (Å²) in [6.07, 6.45) is 1.89. The second kappa shape index (κ2) is 8.78. The number of likely N-dealkylation sites (N-methyl/N-ethyl adjacent to an activating group) is 1. The second-order valence-electron chi connectivity index (χ2n) is 6.70. The van der Waals surface area contributed by atoms with Crippen molar-refractivity contribution >= 4 is 46.2 Å². The van der Waals surface area contributed by atoms with Crippen molar-refractivity contribution in [2.75, 3.05) is 14.2 Å². The Balaban J connectivity index is 1.54. The van der Waals surface area contributed by atoms with Crippen LogP contribution in [0.3, 0.4) is 0 Å². The Bertz CT molecular complexity index is 1120. The topological polar surface area (TPSA) is 41.9 Å². The molecule has 0 aromatic heterocycles. The molecule has 4 rings (SSSR count). The smallest absolute Gasteiger partial charge is 0.266 e. The Labute approximate surface area is 184 Å². The summed E-state index contributed by atoms with van der Waals surface area (Å²) < 4.78 is 5.17. The molecule has 1 aliphatic heterocycles. The Hall–Kier alpha value is -3.02. The molecule has 0 bridgehead atoms. The fraction of sp³-hybridized carbons (Fsp3) is 0.0833.